The molecule has 0 amide bonds. The third-order valence-electron chi connectivity index (χ3n) is 5.17. The molecule has 0 saturated heterocycles. The van der Waals surface area contributed by atoms with Crippen molar-refractivity contribution in [3.8, 4) is 43.9 Å². The van der Waals surface area contributed by atoms with Crippen LogP contribution in [0.5, 0.6) is 23.0 Å². The largest absolute Gasteiger partial charge is 0.496 e. The number of rotatable bonds is 6. The maximum absolute atomic E-state index is 5.62. The third-order valence-corrected chi connectivity index (χ3v) is 8.98. The van der Waals surface area contributed by atoms with Gasteiger partial charge in [0.2, 0.25) is 0 Å². The standard InChI is InChI=1S/C24H20O4S3/c1-25-13-7-5-8-14(26-2)21(13)17-11-19-23(30-17)24-20(29-19)12-18(31-24)22-15(27-3)9-6-10-16(22)28-4/h5-12H,1-4H3. The van der Waals surface area contributed by atoms with Gasteiger partial charge in [-0.05, 0) is 36.4 Å². The first-order chi connectivity index (χ1) is 15.2. The van der Waals surface area contributed by atoms with Gasteiger partial charge in [-0.1, -0.05) is 12.1 Å². The number of methoxy groups -OCH3 is 4. The molecule has 0 fully saturated rings. The molecule has 0 spiro atoms. The van der Waals surface area contributed by atoms with Gasteiger partial charge in [-0.2, -0.15) is 0 Å². The summed E-state index contributed by atoms with van der Waals surface area (Å²) in [5.41, 5.74) is 1.99. The summed E-state index contributed by atoms with van der Waals surface area (Å²) in [7, 11) is 6.77. The fourth-order valence-corrected chi connectivity index (χ4v) is 7.90. The Morgan fingerprint density at radius 2 is 0.871 bits per heavy atom. The highest BCUT2D eigenvalue weighted by atomic mass is 32.1. The minimum atomic E-state index is 0.815. The molecule has 4 nitrogen and oxygen atoms in total. The van der Waals surface area contributed by atoms with E-state index in [4.69, 9.17) is 18.9 Å². The van der Waals surface area contributed by atoms with E-state index < -0.39 is 0 Å². The van der Waals surface area contributed by atoms with E-state index in [9.17, 15) is 0 Å². The smallest absolute Gasteiger partial charge is 0.131 e. The molecule has 3 aromatic heterocycles. The topological polar surface area (TPSA) is 36.9 Å². The van der Waals surface area contributed by atoms with Crippen molar-refractivity contribution in [3.63, 3.8) is 0 Å². The van der Waals surface area contributed by atoms with Gasteiger partial charge >= 0.3 is 0 Å². The highest BCUT2D eigenvalue weighted by Gasteiger charge is 2.21. The van der Waals surface area contributed by atoms with Crippen LogP contribution in [0.15, 0.2) is 48.5 Å². The van der Waals surface area contributed by atoms with E-state index in [0.717, 1.165) is 43.9 Å². The highest BCUT2D eigenvalue weighted by Crippen LogP contribution is 2.52. The lowest BCUT2D eigenvalue weighted by Crippen LogP contribution is -1.91. The van der Waals surface area contributed by atoms with Gasteiger partial charge < -0.3 is 18.9 Å². The molecule has 31 heavy (non-hydrogen) atoms. The van der Waals surface area contributed by atoms with Crippen molar-refractivity contribution in [1.82, 2.24) is 0 Å². The zero-order valence-corrected chi connectivity index (χ0v) is 19.9. The Morgan fingerprint density at radius 1 is 0.516 bits per heavy atom. The lowest BCUT2D eigenvalue weighted by atomic mass is 10.1. The molecule has 0 aliphatic rings. The van der Waals surface area contributed by atoms with Crippen molar-refractivity contribution in [2.75, 3.05) is 28.4 Å². The molecule has 0 bridgehead atoms. The second-order valence-electron chi connectivity index (χ2n) is 6.79. The maximum atomic E-state index is 5.62. The fourth-order valence-electron chi connectivity index (χ4n) is 3.77. The maximum Gasteiger partial charge on any atom is 0.131 e. The molecule has 2 aromatic carbocycles. The third kappa shape index (κ3) is 3.24. The Balaban J connectivity index is 1.68. The van der Waals surface area contributed by atoms with Gasteiger partial charge in [-0.15, -0.1) is 34.0 Å². The molecule has 0 N–H and O–H groups in total. The summed E-state index contributed by atoms with van der Waals surface area (Å²) in [4.78, 5) is 2.28. The summed E-state index contributed by atoms with van der Waals surface area (Å²) < 4.78 is 27.6. The van der Waals surface area contributed by atoms with Crippen molar-refractivity contribution in [1.29, 1.82) is 0 Å². The fraction of sp³-hybridized carbons (Fsp3) is 0.167. The van der Waals surface area contributed by atoms with E-state index in [1.165, 1.54) is 18.8 Å². The van der Waals surface area contributed by atoms with E-state index in [-0.39, 0.29) is 0 Å². The van der Waals surface area contributed by atoms with Gasteiger partial charge in [0.15, 0.2) is 0 Å². The van der Waals surface area contributed by atoms with Crippen molar-refractivity contribution in [2.45, 2.75) is 0 Å². The molecule has 5 aromatic rings. The first-order valence-corrected chi connectivity index (χ1v) is 12.0. The molecule has 158 valence electrons. The van der Waals surface area contributed by atoms with Crippen molar-refractivity contribution in [3.05, 3.63) is 48.5 Å². The lowest BCUT2D eigenvalue weighted by Gasteiger charge is -2.11. The SMILES string of the molecule is COc1cccc(OC)c1-c1cc2sc3cc(-c4c(OC)cccc4OC)sc3c2s1. The van der Waals surface area contributed by atoms with Gasteiger partial charge in [0.05, 0.1) is 49.0 Å². The predicted octanol–water partition coefficient (Wildman–Crippen LogP) is 7.55. The average Bonchev–Trinajstić information content (AvgIpc) is 3.48. The van der Waals surface area contributed by atoms with Crippen LogP contribution in [0.4, 0.5) is 0 Å². The number of hydrogen-bond acceptors (Lipinski definition) is 7. The molecule has 0 radical (unpaired) electrons. The Kier molecular flexibility index (Phi) is 5.25. The number of hydrogen-bond donors (Lipinski definition) is 0. The van der Waals surface area contributed by atoms with Crippen LogP contribution < -0.4 is 18.9 Å². The summed E-state index contributed by atoms with van der Waals surface area (Å²) in [6.07, 6.45) is 0. The number of fused-ring (bicyclic) bond motifs is 3. The second-order valence-corrected chi connectivity index (χ2v) is 9.97. The zero-order valence-electron chi connectivity index (χ0n) is 17.5. The molecule has 0 aliphatic carbocycles. The molecule has 0 saturated carbocycles. The van der Waals surface area contributed by atoms with E-state index in [0.29, 0.717) is 0 Å². The summed E-state index contributed by atoms with van der Waals surface area (Å²) in [6, 6.07) is 16.2. The Bertz CT molecular complexity index is 1240. The monoisotopic (exact) mass is 468 g/mol. The molecule has 3 heterocycles. The van der Waals surface area contributed by atoms with E-state index in [1.807, 2.05) is 36.4 Å². The summed E-state index contributed by atoms with van der Waals surface area (Å²) in [5.74, 6) is 3.26. The number of thiophene rings is 3. The van der Waals surface area contributed by atoms with Gasteiger partial charge in [0.25, 0.3) is 0 Å². The molecule has 0 unspecified atom stereocenters. The van der Waals surface area contributed by atoms with E-state index in [2.05, 4.69) is 12.1 Å². The average molecular weight is 469 g/mol. The van der Waals surface area contributed by atoms with Gasteiger partial charge in [-0.3, -0.25) is 0 Å². The van der Waals surface area contributed by atoms with Crippen LogP contribution in [0, 0.1) is 0 Å². The summed E-state index contributed by atoms with van der Waals surface area (Å²) >= 11 is 5.35. The first-order valence-electron chi connectivity index (χ1n) is 9.57. The Hall–Kier alpha value is -2.74. The van der Waals surface area contributed by atoms with E-state index >= 15 is 0 Å². The van der Waals surface area contributed by atoms with Crippen molar-refractivity contribution in [2.24, 2.45) is 0 Å². The predicted molar refractivity (Wildman–Crippen MR) is 132 cm³/mol. The van der Waals surface area contributed by atoms with Gasteiger partial charge in [0, 0.05) is 19.2 Å². The normalized spacial score (nSPS) is 11.2. The molecule has 0 aliphatic heterocycles. The summed E-state index contributed by atoms with van der Waals surface area (Å²) in [6.45, 7) is 0. The lowest BCUT2D eigenvalue weighted by molar-refractivity contribution is 0.397. The van der Waals surface area contributed by atoms with Crippen molar-refractivity contribution >= 4 is 52.8 Å². The Morgan fingerprint density at radius 3 is 1.19 bits per heavy atom. The quantitative estimate of drug-likeness (QED) is 0.258. The van der Waals surface area contributed by atoms with E-state index in [1.54, 1.807) is 62.4 Å². The van der Waals surface area contributed by atoms with Crippen LogP contribution in [-0.2, 0) is 0 Å². The van der Waals surface area contributed by atoms with Gasteiger partial charge in [-0.25, -0.2) is 0 Å². The highest BCUT2D eigenvalue weighted by molar-refractivity contribution is 7.40. The first kappa shape index (κ1) is 20.2. The second kappa shape index (κ2) is 8.07. The number of ether oxygens (including phenoxy) is 4. The molecule has 7 heteroatoms. The minimum Gasteiger partial charge on any atom is -0.496 e. The van der Waals surface area contributed by atoms with Crippen LogP contribution in [0.2, 0.25) is 0 Å². The van der Waals surface area contributed by atoms with Gasteiger partial charge in [0.1, 0.15) is 23.0 Å². The summed E-state index contributed by atoms with van der Waals surface area (Å²) in [5, 5.41) is 0. The molecular formula is C24H20O4S3. The van der Waals surface area contributed by atoms with Crippen LogP contribution in [-0.4, -0.2) is 28.4 Å². The minimum absolute atomic E-state index is 0.815. The number of benzene rings is 2. The Labute approximate surface area is 192 Å². The van der Waals surface area contributed by atoms with Crippen LogP contribution in [0.3, 0.4) is 0 Å². The molecular weight excluding hydrogens is 448 g/mol. The van der Waals surface area contributed by atoms with Crippen molar-refractivity contribution < 1.29 is 18.9 Å². The van der Waals surface area contributed by atoms with Crippen LogP contribution in [0.1, 0.15) is 0 Å². The molecule has 0 atom stereocenters. The molecule has 5 rings (SSSR count). The van der Waals surface area contributed by atoms with Crippen LogP contribution >= 0.6 is 34.0 Å². The van der Waals surface area contributed by atoms with Crippen LogP contribution in [0.25, 0.3) is 39.7 Å². The zero-order chi connectivity index (χ0) is 21.5.